The van der Waals surface area contributed by atoms with E-state index >= 15 is 0 Å². The van der Waals surface area contributed by atoms with Gasteiger partial charge in [0.05, 0.1) is 0 Å². The number of hydrogen-bond donors (Lipinski definition) is 3. The molecule has 0 aromatic heterocycles. The molecule has 0 atom stereocenters. The van der Waals surface area contributed by atoms with Gasteiger partial charge in [0.1, 0.15) is 5.75 Å². The predicted molar refractivity (Wildman–Crippen MR) is 66.7 cm³/mol. The highest BCUT2D eigenvalue weighted by Gasteiger charge is 2.30. The molecule has 0 aliphatic heterocycles. The highest BCUT2D eigenvalue weighted by molar-refractivity contribution is 5.93. The third-order valence-corrected chi connectivity index (χ3v) is 1.98. The number of nitrogens with one attached hydrogen (secondary N) is 2. The Morgan fingerprint density at radius 1 is 1.32 bits per heavy atom. The van der Waals surface area contributed by atoms with Crippen LogP contribution in [-0.4, -0.2) is 18.9 Å². The van der Waals surface area contributed by atoms with Crippen LogP contribution in [0.3, 0.4) is 0 Å². The summed E-state index contributed by atoms with van der Waals surface area (Å²) >= 11 is 0. The van der Waals surface area contributed by atoms with Gasteiger partial charge >= 0.3 is 6.36 Å². The fraction of sp³-hybridized carbons (Fsp3) is 0.364. The normalized spacial score (nSPS) is 12.2. The van der Waals surface area contributed by atoms with Crippen LogP contribution >= 0.6 is 0 Å². The van der Waals surface area contributed by atoms with Gasteiger partial charge in [-0.15, -0.1) is 13.2 Å². The van der Waals surface area contributed by atoms with E-state index in [1.807, 2.05) is 6.92 Å². The fourth-order valence-electron chi connectivity index (χ4n) is 1.22. The Kier molecular flexibility index (Phi) is 5.43. The highest BCUT2D eigenvalue weighted by atomic mass is 19.4. The quantitative estimate of drug-likeness (QED) is 0.341. The maximum atomic E-state index is 12.0. The van der Waals surface area contributed by atoms with Crippen molar-refractivity contribution in [1.82, 2.24) is 5.43 Å². The lowest BCUT2D eigenvalue weighted by Gasteiger charge is -2.11. The summed E-state index contributed by atoms with van der Waals surface area (Å²) in [7, 11) is 0. The summed E-state index contributed by atoms with van der Waals surface area (Å²) in [5.74, 6) is 5.31. The van der Waals surface area contributed by atoms with Gasteiger partial charge in [-0.1, -0.05) is 6.92 Å². The summed E-state index contributed by atoms with van der Waals surface area (Å²) in [5, 5.41) is 2.83. The van der Waals surface area contributed by atoms with E-state index in [4.69, 9.17) is 5.84 Å². The van der Waals surface area contributed by atoms with E-state index in [9.17, 15) is 13.2 Å². The van der Waals surface area contributed by atoms with Crippen LogP contribution in [0.15, 0.2) is 29.3 Å². The molecular formula is C11H15F3N4O. The summed E-state index contributed by atoms with van der Waals surface area (Å²) < 4.78 is 39.6. The number of nitrogens with zero attached hydrogens (tertiary/aromatic N) is 1. The maximum absolute atomic E-state index is 12.0. The number of ether oxygens (including phenoxy) is 1. The summed E-state index contributed by atoms with van der Waals surface area (Å²) in [6.07, 6.45) is -3.84. The molecule has 5 nitrogen and oxygen atoms in total. The number of guanidine groups is 1. The zero-order valence-corrected chi connectivity index (χ0v) is 10.3. The molecule has 106 valence electrons. The van der Waals surface area contributed by atoms with Crippen LogP contribution in [0.5, 0.6) is 5.75 Å². The van der Waals surface area contributed by atoms with Crippen molar-refractivity contribution in [3.8, 4) is 5.75 Å². The topological polar surface area (TPSA) is 71.7 Å². The van der Waals surface area contributed by atoms with E-state index in [1.54, 1.807) is 0 Å². The molecular weight excluding hydrogens is 261 g/mol. The molecule has 0 fully saturated rings. The Bertz CT molecular complexity index is 417. The summed E-state index contributed by atoms with van der Waals surface area (Å²) in [6, 6.07) is 5.26. The first-order valence-corrected chi connectivity index (χ1v) is 5.58. The van der Waals surface area contributed by atoms with E-state index in [0.717, 1.165) is 6.42 Å². The third kappa shape index (κ3) is 5.96. The van der Waals surface area contributed by atoms with Crippen LogP contribution in [0.4, 0.5) is 18.9 Å². The molecule has 0 unspecified atom stereocenters. The van der Waals surface area contributed by atoms with E-state index in [1.165, 1.54) is 24.3 Å². The predicted octanol–water partition coefficient (Wildman–Crippen LogP) is 2.23. The molecule has 19 heavy (non-hydrogen) atoms. The lowest BCUT2D eigenvalue weighted by molar-refractivity contribution is -0.274. The van der Waals surface area contributed by atoms with Crippen molar-refractivity contribution in [3.05, 3.63) is 24.3 Å². The van der Waals surface area contributed by atoms with Gasteiger partial charge < -0.3 is 10.1 Å². The lowest BCUT2D eigenvalue weighted by atomic mass is 10.3. The number of halogens is 3. The van der Waals surface area contributed by atoms with E-state index in [0.29, 0.717) is 18.2 Å². The largest absolute Gasteiger partial charge is 0.573 e. The van der Waals surface area contributed by atoms with Crippen molar-refractivity contribution in [1.29, 1.82) is 0 Å². The van der Waals surface area contributed by atoms with Gasteiger partial charge in [-0.2, -0.15) is 0 Å². The minimum Gasteiger partial charge on any atom is -0.406 e. The molecule has 0 aliphatic rings. The van der Waals surface area contributed by atoms with Gasteiger partial charge in [0, 0.05) is 12.2 Å². The third-order valence-electron chi connectivity index (χ3n) is 1.98. The molecule has 0 saturated heterocycles. The molecule has 4 N–H and O–H groups in total. The van der Waals surface area contributed by atoms with Gasteiger partial charge in [-0.3, -0.25) is 10.4 Å². The number of rotatable bonds is 4. The summed E-state index contributed by atoms with van der Waals surface area (Å²) in [5.41, 5.74) is 2.91. The molecule has 0 heterocycles. The second kappa shape index (κ2) is 6.83. The van der Waals surface area contributed by atoms with E-state index in [-0.39, 0.29) is 5.75 Å². The maximum Gasteiger partial charge on any atom is 0.573 e. The minimum atomic E-state index is -4.69. The van der Waals surface area contributed by atoms with Crippen LogP contribution in [0.2, 0.25) is 0 Å². The molecule has 0 amide bonds. The Hall–Kier alpha value is -1.96. The summed E-state index contributed by atoms with van der Waals surface area (Å²) in [4.78, 5) is 4.10. The first kappa shape index (κ1) is 15.1. The van der Waals surface area contributed by atoms with E-state index in [2.05, 4.69) is 20.5 Å². The smallest absolute Gasteiger partial charge is 0.406 e. The van der Waals surface area contributed by atoms with E-state index < -0.39 is 6.36 Å². The fourth-order valence-corrected chi connectivity index (χ4v) is 1.22. The Morgan fingerprint density at radius 3 is 2.42 bits per heavy atom. The molecule has 1 rings (SSSR count). The molecule has 0 spiro atoms. The standard InChI is InChI=1S/C11H15F3N4O/c1-2-7-16-10(18-15)17-8-3-5-9(6-4-8)19-11(12,13)14/h3-6H,2,7,15H2,1H3,(H2,16,17,18). The monoisotopic (exact) mass is 276 g/mol. The number of hydrogen-bond acceptors (Lipinski definition) is 3. The van der Waals surface area contributed by atoms with Gasteiger partial charge in [-0.25, -0.2) is 5.84 Å². The molecule has 0 aliphatic carbocycles. The second-order valence-electron chi connectivity index (χ2n) is 3.57. The molecule has 0 bridgehead atoms. The average Bonchev–Trinajstić information content (AvgIpc) is 2.34. The molecule has 0 radical (unpaired) electrons. The number of aliphatic imine (C=N–C) groups is 1. The summed E-state index contributed by atoms with van der Waals surface area (Å²) in [6.45, 7) is 2.54. The first-order chi connectivity index (χ1) is 8.94. The average molecular weight is 276 g/mol. The van der Waals surface area contributed by atoms with Gasteiger partial charge in [0.25, 0.3) is 0 Å². The molecule has 1 aromatic carbocycles. The Labute approximate surface area is 108 Å². The molecule has 1 aromatic rings. The van der Waals surface area contributed by atoms with Gasteiger partial charge in [0.2, 0.25) is 5.96 Å². The molecule has 0 saturated carbocycles. The van der Waals surface area contributed by atoms with Crippen LogP contribution in [0.1, 0.15) is 13.3 Å². The number of nitrogens with two attached hydrogens (primary N) is 1. The van der Waals surface area contributed by atoms with Crippen molar-refractivity contribution in [2.24, 2.45) is 10.8 Å². The minimum absolute atomic E-state index is 0.286. The first-order valence-electron chi connectivity index (χ1n) is 5.58. The zero-order valence-electron chi connectivity index (χ0n) is 10.3. The van der Waals surface area contributed by atoms with Crippen molar-refractivity contribution >= 4 is 11.6 Å². The van der Waals surface area contributed by atoms with Crippen LogP contribution in [0, 0.1) is 0 Å². The Morgan fingerprint density at radius 2 is 1.95 bits per heavy atom. The number of benzene rings is 1. The lowest BCUT2D eigenvalue weighted by Crippen LogP contribution is -2.36. The van der Waals surface area contributed by atoms with Crippen LogP contribution in [0.25, 0.3) is 0 Å². The Balaban J connectivity index is 2.66. The number of hydrazine groups is 1. The van der Waals surface area contributed by atoms with Crippen molar-refractivity contribution < 1.29 is 17.9 Å². The van der Waals surface area contributed by atoms with Crippen LogP contribution < -0.4 is 21.3 Å². The second-order valence-corrected chi connectivity index (χ2v) is 3.57. The number of alkyl halides is 3. The van der Waals surface area contributed by atoms with Crippen molar-refractivity contribution in [2.45, 2.75) is 19.7 Å². The van der Waals surface area contributed by atoms with Crippen molar-refractivity contribution in [2.75, 3.05) is 11.9 Å². The SMILES string of the molecule is CCCN=C(NN)Nc1ccc(OC(F)(F)F)cc1. The highest BCUT2D eigenvalue weighted by Crippen LogP contribution is 2.23. The zero-order chi connectivity index (χ0) is 14.3. The van der Waals surface area contributed by atoms with Crippen molar-refractivity contribution in [3.63, 3.8) is 0 Å². The van der Waals surface area contributed by atoms with Gasteiger partial charge in [0.15, 0.2) is 0 Å². The van der Waals surface area contributed by atoms with Crippen LogP contribution in [-0.2, 0) is 0 Å². The number of anilines is 1. The molecule has 8 heteroatoms. The van der Waals surface area contributed by atoms with Gasteiger partial charge in [-0.05, 0) is 30.7 Å².